The zero-order valence-corrected chi connectivity index (χ0v) is 13.7. The lowest BCUT2D eigenvalue weighted by Gasteiger charge is -2.34. The highest BCUT2D eigenvalue weighted by Crippen LogP contribution is 2.29. The molecule has 2 N–H and O–H groups in total. The number of nitrogens with one attached hydrogen (secondary N) is 2. The topological polar surface area (TPSA) is 61.4 Å². The maximum absolute atomic E-state index is 12.5. The van der Waals surface area contributed by atoms with Crippen LogP contribution in [0.5, 0.6) is 0 Å². The lowest BCUT2D eigenvalue weighted by atomic mass is 9.87. The van der Waals surface area contributed by atoms with Crippen molar-refractivity contribution in [3.8, 4) is 0 Å². The molecule has 1 aromatic rings. The molecule has 23 heavy (non-hydrogen) atoms. The van der Waals surface area contributed by atoms with E-state index in [-0.39, 0.29) is 30.3 Å². The molecule has 5 nitrogen and oxygen atoms in total. The molecule has 1 aromatic carbocycles. The van der Waals surface area contributed by atoms with Crippen molar-refractivity contribution in [2.24, 2.45) is 0 Å². The predicted molar refractivity (Wildman–Crippen MR) is 88.9 cm³/mol. The first-order valence-electron chi connectivity index (χ1n) is 8.58. The minimum atomic E-state index is -0.340. The number of carbonyl (C=O) groups excluding carboxylic acids is 2. The summed E-state index contributed by atoms with van der Waals surface area (Å²) in [5.41, 5.74) is 2.56. The van der Waals surface area contributed by atoms with Crippen LogP contribution >= 0.6 is 0 Å². The third-order valence-electron chi connectivity index (χ3n) is 4.93. The normalized spacial score (nSPS) is 24.7. The highest BCUT2D eigenvalue weighted by molar-refractivity contribution is 5.89. The Morgan fingerprint density at radius 3 is 3.04 bits per heavy atom. The fraction of sp³-hybridized carbons (Fsp3) is 0.556. The second-order valence-electron chi connectivity index (χ2n) is 6.35. The fourth-order valence-electron chi connectivity index (χ4n) is 3.70. The Hall–Kier alpha value is -1.88. The molecule has 1 aliphatic heterocycles. The number of carbonyl (C=O) groups is 2. The predicted octanol–water partition coefficient (Wildman–Crippen LogP) is 1.39. The molecule has 1 heterocycles. The van der Waals surface area contributed by atoms with E-state index in [0.717, 1.165) is 32.4 Å². The second-order valence-corrected chi connectivity index (χ2v) is 6.35. The van der Waals surface area contributed by atoms with Crippen molar-refractivity contribution in [3.63, 3.8) is 0 Å². The van der Waals surface area contributed by atoms with Crippen LogP contribution in [0.15, 0.2) is 24.3 Å². The van der Waals surface area contributed by atoms with Gasteiger partial charge in [-0.2, -0.15) is 0 Å². The number of nitrogens with zero attached hydrogens (tertiary/aromatic N) is 1. The van der Waals surface area contributed by atoms with Crippen LogP contribution < -0.4 is 10.6 Å². The summed E-state index contributed by atoms with van der Waals surface area (Å²) in [7, 11) is 0. The number of amides is 2. The molecule has 0 saturated carbocycles. The maximum atomic E-state index is 12.5. The zero-order valence-electron chi connectivity index (χ0n) is 13.7. The highest BCUT2D eigenvalue weighted by Gasteiger charge is 2.31. The first kappa shape index (κ1) is 16.0. The van der Waals surface area contributed by atoms with Gasteiger partial charge >= 0.3 is 0 Å². The van der Waals surface area contributed by atoms with E-state index in [2.05, 4.69) is 33.7 Å². The van der Waals surface area contributed by atoms with Crippen molar-refractivity contribution in [3.05, 3.63) is 35.4 Å². The van der Waals surface area contributed by atoms with Gasteiger partial charge in [-0.1, -0.05) is 31.2 Å². The molecule has 2 unspecified atom stereocenters. The number of hydrogen-bond donors (Lipinski definition) is 2. The van der Waals surface area contributed by atoms with E-state index in [0.29, 0.717) is 6.54 Å². The lowest BCUT2D eigenvalue weighted by Crippen LogP contribution is -2.56. The zero-order chi connectivity index (χ0) is 16.2. The van der Waals surface area contributed by atoms with Crippen LogP contribution in [0.3, 0.4) is 0 Å². The maximum Gasteiger partial charge on any atom is 0.237 e. The first-order chi connectivity index (χ1) is 11.2. The molecule has 1 fully saturated rings. The Kier molecular flexibility index (Phi) is 4.96. The third-order valence-corrected chi connectivity index (χ3v) is 4.93. The van der Waals surface area contributed by atoms with Crippen molar-refractivity contribution in [2.45, 2.75) is 44.7 Å². The molecule has 2 amide bonds. The number of benzene rings is 1. The summed E-state index contributed by atoms with van der Waals surface area (Å²) in [6.07, 6.45) is 3.37. The summed E-state index contributed by atoms with van der Waals surface area (Å²) in [6.45, 7) is 4.30. The first-order valence-corrected chi connectivity index (χ1v) is 8.58. The van der Waals surface area contributed by atoms with Crippen molar-refractivity contribution in [1.82, 2.24) is 15.5 Å². The largest absolute Gasteiger partial charge is 0.353 e. The summed E-state index contributed by atoms with van der Waals surface area (Å²) in [5, 5.41) is 6.00. The molecule has 1 aliphatic carbocycles. The van der Waals surface area contributed by atoms with Gasteiger partial charge in [-0.15, -0.1) is 0 Å². The third kappa shape index (κ3) is 3.55. The molecule has 124 valence electrons. The van der Waals surface area contributed by atoms with Gasteiger partial charge in [-0.25, -0.2) is 0 Å². The van der Waals surface area contributed by atoms with Crippen molar-refractivity contribution in [1.29, 1.82) is 0 Å². The molecule has 5 heteroatoms. The lowest BCUT2D eigenvalue weighted by molar-refractivity contribution is -0.134. The van der Waals surface area contributed by atoms with Gasteiger partial charge in [0.05, 0.1) is 18.5 Å². The van der Waals surface area contributed by atoms with Crippen LogP contribution in [-0.2, 0) is 16.0 Å². The number of likely N-dealkylation sites (N-methyl/N-ethyl adjacent to an activating group) is 1. The summed E-state index contributed by atoms with van der Waals surface area (Å²) in [5.74, 6) is -0.0653. The molecular formula is C18H25N3O2. The van der Waals surface area contributed by atoms with E-state index in [1.807, 2.05) is 13.0 Å². The van der Waals surface area contributed by atoms with Gasteiger partial charge in [0.15, 0.2) is 0 Å². The molecule has 0 bridgehead atoms. The van der Waals surface area contributed by atoms with E-state index >= 15 is 0 Å². The van der Waals surface area contributed by atoms with Crippen LogP contribution in [0, 0.1) is 0 Å². The van der Waals surface area contributed by atoms with Gasteiger partial charge in [0.2, 0.25) is 11.8 Å². The van der Waals surface area contributed by atoms with E-state index in [1.54, 1.807) is 0 Å². The number of fused-ring (bicyclic) bond motifs is 1. The Morgan fingerprint density at radius 1 is 1.39 bits per heavy atom. The van der Waals surface area contributed by atoms with E-state index in [4.69, 9.17) is 0 Å². The van der Waals surface area contributed by atoms with Gasteiger partial charge in [0.1, 0.15) is 0 Å². The number of piperazine rings is 1. The highest BCUT2D eigenvalue weighted by atomic mass is 16.2. The van der Waals surface area contributed by atoms with Crippen LogP contribution in [0.25, 0.3) is 0 Å². The molecule has 0 spiro atoms. The SMILES string of the molecule is CCN1CCNC(=O)C1CC(=O)NC1CCCc2ccccc21. The van der Waals surface area contributed by atoms with Gasteiger partial charge in [0, 0.05) is 13.1 Å². The Labute approximate surface area is 137 Å². The van der Waals surface area contributed by atoms with Gasteiger partial charge in [0.25, 0.3) is 0 Å². The van der Waals surface area contributed by atoms with Gasteiger partial charge in [-0.05, 0) is 36.9 Å². The summed E-state index contributed by atoms with van der Waals surface area (Å²) < 4.78 is 0. The standard InChI is InChI=1S/C18H25N3O2/c1-2-21-11-10-19-18(23)16(21)12-17(22)20-15-9-5-7-13-6-3-4-8-14(13)15/h3-4,6,8,15-16H,2,5,7,9-12H2,1H3,(H,19,23)(H,20,22). The minimum Gasteiger partial charge on any atom is -0.353 e. The second kappa shape index (κ2) is 7.13. The number of aryl methyl sites for hydroxylation is 1. The van der Waals surface area contributed by atoms with Crippen molar-refractivity contribution >= 4 is 11.8 Å². The summed E-state index contributed by atoms with van der Waals surface area (Å²) >= 11 is 0. The van der Waals surface area contributed by atoms with Gasteiger partial charge in [-0.3, -0.25) is 14.5 Å². The van der Waals surface area contributed by atoms with Crippen molar-refractivity contribution in [2.75, 3.05) is 19.6 Å². The van der Waals surface area contributed by atoms with Crippen molar-refractivity contribution < 1.29 is 9.59 Å². The quantitative estimate of drug-likeness (QED) is 0.883. The fourth-order valence-corrected chi connectivity index (χ4v) is 3.70. The summed E-state index contributed by atoms with van der Waals surface area (Å²) in [6, 6.07) is 8.05. The minimum absolute atomic E-state index is 0.0303. The smallest absolute Gasteiger partial charge is 0.237 e. The molecule has 2 aliphatic rings. The Bertz CT molecular complexity index is 587. The monoisotopic (exact) mass is 315 g/mol. The molecule has 3 rings (SSSR count). The van der Waals surface area contributed by atoms with E-state index in [9.17, 15) is 9.59 Å². The van der Waals surface area contributed by atoms with Crippen LogP contribution in [0.4, 0.5) is 0 Å². The van der Waals surface area contributed by atoms with E-state index in [1.165, 1.54) is 11.1 Å². The van der Waals surface area contributed by atoms with E-state index < -0.39 is 0 Å². The number of hydrogen-bond acceptors (Lipinski definition) is 3. The molecule has 1 saturated heterocycles. The average molecular weight is 315 g/mol. The molecule has 0 radical (unpaired) electrons. The molecular weight excluding hydrogens is 290 g/mol. The average Bonchev–Trinajstić information content (AvgIpc) is 2.57. The van der Waals surface area contributed by atoms with Gasteiger partial charge < -0.3 is 10.6 Å². The Balaban J connectivity index is 1.65. The van der Waals surface area contributed by atoms with Crippen LogP contribution in [0.2, 0.25) is 0 Å². The Morgan fingerprint density at radius 2 is 2.22 bits per heavy atom. The van der Waals surface area contributed by atoms with Crippen LogP contribution in [-0.4, -0.2) is 42.4 Å². The molecule has 2 atom stereocenters. The number of rotatable bonds is 4. The molecule has 0 aromatic heterocycles. The summed E-state index contributed by atoms with van der Waals surface area (Å²) in [4.78, 5) is 26.6. The van der Waals surface area contributed by atoms with Crippen LogP contribution in [0.1, 0.15) is 43.4 Å².